The van der Waals surface area contributed by atoms with Crippen LogP contribution in [-0.2, 0) is 6.54 Å². The first kappa shape index (κ1) is 13.8. The van der Waals surface area contributed by atoms with Gasteiger partial charge in [0.1, 0.15) is 17.5 Å². The Labute approximate surface area is 128 Å². The molecule has 1 aromatic carbocycles. The molecule has 0 saturated heterocycles. The summed E-state index contributed by atoms with van der Waals surface area (Å²) in [4.78, 5) is 0. The molecule has 0 radical (unpaired) electrons. The predicted molar refractivity (Wildman–Crippen MR) is 83.2 cm³/mol. The topological polar surface area (TPSA) is 79.7 Å². The summed E-state index contributed by atoms with van der Waals surface area (Å²) in [7, 11) is 0. The second-order valence-corrected chi connectivity index (χ2v) is 5.71. The van der Waals surface area contributed by atoms with Crippen molar-refractivity contribution in [1.29, 1.82) is 5.26 Å². The van der Waals surface area contributed by atoms with Gasteiger partial charge in [-0.25, -0.2) is 4.68 Å². The second-order valence-electron chi connectivity index (χ2n) is 5.28. The lowest BCUT2D eigenvalue weighted by Crippen LogP contribution is -2.27. The molecule has 2 aromatic rings. The zero-order chi connectivity index (χ0) is 14.8. The fourth-order valence-corrected chi connectivity index (χ4v) is 2.44. The molecule has 21 heavy (non-hydrogen) atoms. The van der Waals surface area contributed by atoms with Crippen LogP contribution in [0.3, 0.4) is 0 Å². The van der Waals surface area contributed by atoms with Crippen molar-refractivity contribution in [3.05, 3.63) is 40.4 Å². The number of benzene rings is 1. The summed E-state index contributed by atoms with van der Waals surface area (Å²) < 4.78 is 1.66. The average Bonchev–Trinajstić information content (AvgIpc) is 2.72. The van der Waals surface area contributed by atoms with Gasteiger partial charge in [-0.05, 0) is 37.0 Å². The summed E-state index contributed by atoms with van der Waals surface area (Å²) in [5.74, 6) is 0.989. The summed E-state index contributed by atoms with van der Waals surface area (Å²) in [5.41, 5.74) is 7.50. The molecule has 0 spiro atoms. The Balaban J connectivity index is 1.84. The first-order valence-corrected chi connectivity index (χ1v) is 7.32. The number of aromatic nitrogens is 2. The van der Waals surface area contributed by atoms with Crippen molar-refractivity contribution in [3.63, 3.8) is 0 Å². The first-order chi connectivity index (χ1) is 10.2. The Kier molecular flexibility index (Phi) is 3.72. The van der Waals surface area contributed by atoms with E-state index in [1.54, 1.807) is 4.68 Å². The summed E-state index contributed by atoms with van der Waals surface area (Å²) in [6.07, 6.45) is 3.46. The number of halogens is 1. The lowest BCUT2D eigenvalue weighted by atomic mass is 9.93. The standard InChI is InChI=1S/C15H16ClN5/c16-11-6-4-10(5-7-11)9-21-14(18)13(8-17)15(20-21)19-12-2-1-3-12/h4-7,12H,1-3,9,18H2,(H,19,20). The van der Waals surface area contributed by atoms with Gasteiger partial charge in [0, 0.05) is 11.1 Å². The number of hydrogen-bond acceptors (Lipinski definition) is 4. The molecule has 0 bridgehead atoms. The van der Waals surface area contributed by atoms with Crippen LogP contribution >= 0.6 is 11.6 Å². The monoisotopic (exact) mass is 301 g/mol. The van der Waals surface area contributed by atoms with Gasteiger partial charge in [-0.2, -0.15) is 10.4 Å². The molecule has 6 heteroatoms. The minimum absolute atomic E-state index is 0.397. The largest absolute Gasteiger partial charge is 0.383 e. The van der Waals surface area contributed by atoms with Crippen molar-refractivity contribution in [2.24, 2.45) is 0 Å². The maximum atomic E-state index is 9.28. The van der Waals surface area contributed by atoms with E-state index in [1.807, 2.05) is 24.3 Å². The molecule has 3 rings (SSSR count). The van der Waals surface area contributed by atoms with E-state index in [1.165, 1.54) is 6.42 Å². The lowest BCUT2D eigenvalue weighted by Gasteiger charge is -2.26. The van der Waals surface area contributed by atoms with E-state index in [0.717, 1.165) is 18.4 Å². The lowest BCUT2D eigenvalue weighted by molar-refractivity contribution is 0.443. The molecule has 1 saturated carbocycles. The maximum absolute atomic E-state index is 9.28. The zero-order valence-electron chi connectivity index (χ0n) is 11.5. The Bertz CT molecular complexity index is 679. The van der Waals surface area contributed by atoms with E-state index in [2.05, 4.69) is 16.5 Å². The Morgan fingerprint density at radius 1 is 1.38 bits per heavy atom. The molecule has 1 aliphatic rings. The first-order valence-electron chi connectivity index (χ1n) is 6.94. The van der Waals surface area contributed by atoms with Crippen LogP contribution in [-0.4, -0.2) is 15.8 Å². The average molecular weight is 302 g/mol. The number of rotatable bonds is 4. The van der Waals surface area contributed by atoms with Gasteiger partial charge in [-0.15, -0.1) is 0 Å². The van der Waals surface area contributed by atoms with Crippen molar-refractivity contribution in [2.45, 2.75) is 31.8 Å². The van der Waals surface area contributed by atoms with Gasteiger partial charge in [-0.3, -0.25) is 0 Å². The van der Waals surface area contributed by atoms with Crippen LogP contribution in [0.2, 0.25) is 5.02 Å². The van der Waals surface area contributed by atoms with Crippen molar-refractivity contribution in [2.75, 3.05) is 11.1 Å². The molecule has 5 nitrogen and oxygen atoms in total. The summed E-state index contributed by atoms with van der Waals surface area (Å²) >= 11 is 5.88. The van der Waals surface area contributed by atoms with E-state index in [0.29, 0.717) is 34.8 Å². The van der Waals surface area contributed by atoms with E-state index in [9.17, 15) is 5.26 Å². The highest BCUT2D eigenvalue weighted by Crippen LogP contribution is 2.27. The Morgan fingerprint density at radius 2 is 2.10 bits per heavy atom. The number of nitriles is 1. The van der Waals surface area contributed by atoms with Gasteiger partial charge in [0.15, 0.2) is 5.82 Å². The minimum Gasteiger partial charge on any atom is -0.383 e. The molecular formula is C15H16ClN5. The highest BCUT2D eigenvalue weighted by molar-refractivity contribution is 6.30. The van der Waals surface area contributed by atoms with Crippen LogP contribution < -0.4 is 11.1 Å². The van der Waals surface area contributed by atoms with Crippen molar-refractivity contribution in [1.82, 2.24) is 9.78 Å². The van der Waals surface area contributed by atoms with Gasteiger partial charge in [-0.1, -0.05) is 23.7 Å². The van der Waals surface area contributed by atoms with E-state index in [4.69, 9.17) is 17.3 Å². The Morgan fingerprint density at radius 3 is 2.67 bits per heavy atom. The predicted octanol–water partition coefficient (Wildman–Crippen LogP) is 3.00. The van der Waals surface area contributed by atoms with Crippen LogP contribution in [0.15, 0.2) is 24.3 Å². The van der Waals surface area contributed by atoms with E-state index < -0.39 is 0 Å². The molecule has 1 heterocycles. The normalized spacial score (nSPS) is 14.5. The van der Waals surface area contributed by atoms with Gasteiger partial charge in [0.2, 0.25) is 0 Å². The molecule has 108 valence electrons. The Hall–Kier alpha value is -2.19. The minimum atomic E-state index is 0.397. The van der Waals surface area contributed by atoms with E-state index >= 15 is 0 Å². The fourth-order valence-electron chi connectivity index (χ4n) is 2.32. The highest BCUT2D eigenvalue weighted by Gasteiger charge is 2.22. The molecule has 0 amide bonds. The molecule has 0 aliphatic heterocycles. The van der Waals surface area contributed by atoms with Gasteiger partial charge in [0.25, 0.3) is 0 Å². The molecule has 0 unspecified atom stereocenters. The van der Waals surface area contributed by atoms with Crippen LogP contribution in [0.5, 0.6) is 0 Å². The fraction of sp³-hybridized carbons (Fsp3) is 0.333. The van der Waals surface area contributed by atoms with Crippen LogP contribution in [0.1, 0.15) is 30.4 Å². The van der Waals surface area contributed by atoms with Crippen molar-refractivity contribution >= 4 is 23.2 Å². The van der Waals surface area contributed by atoms with E-state index in [-0.39, 0.29) is 0 Å². The third kappa shape index (κ3) is 2.81. The number of anilines is 2. The van der Waals surface area contributed by atoms with Crippen molar-refractivity contribution < 1.29 is 0 Å². The van der Waals surface area contributed by atoms with Gasteiger partial charge < -0.3 is 11.1 Å². The van der Waals surface area contributed by atoms with Crippen molar-refractivity contribution in [3.8, 4) is 6.07 Å². The molecule has 0 atom stereocenters. The number of nitrogens with one attached hydrogen (secondary N) is 1. The summed E-state index contributed by atoms with van der Waals surface area (Å²) in [6.45, 7) is 0.518. The number of nitrogens with zero attached hydrogens (tertiary/aromatic N) is 3. The molecule has 1 aromatic heterocycles. The summed E-state index contributed by atoms with van der Waals surface area (Å²) in [6, 6.07) is 10.1. The number of hydrogen-bond donors (Lipinski definition) is 2. The van der Waals surface area contributed by atoms with Crippen LogP contribution in [0, 0.1) is 11.3 Å². The number of nitrogen functional groups attached to an aromatic ring is 1. The highest BCUT2D eigenvalue weighted by atomic mass is 35.5. The third-order valence-electron chi connectivity index (χ3n) is 3.80. The quantitative estimate of drug-likeness (QED) is 0.909. The zero-order valence-corrected chi connectivity index (χ0v) is 12.3. The van der Waals surface area contributed by atoms with Crippen LogP contribution in [0.4, 0.5) is 11.6 Å². The van der Waals surface area contributed by atoms with Gasteiger partial charge in [0.05, 0.1) is 6.54 Å². The second kappa shape index (κ2) is 5.66. The van der Waals surface area contributed by atoms with Gasteiger partial charge >= 0.3 is 0 Å². The molecule has 1 fully saturated rings. The number of nitrogens with two attached hydrogens (primary N) is 1. The summed E-state index contributed by atoms with van der Waals surface area (Å²) in [5, 5.41) is 17.7. The maximum Gasteiger partial charge on any atom is 0.168 e. The SMILES string of the molecule is N#Cc1c(NC2CCC2)nn(Cc2ccc(Cl)cc2)c1N. The third-order valence-corrected chi connectivity index (χ3v) is 4.05. The van der Waals surface area contributed by atoms with Crippen LogP contribution in [0.25, 0.3) is 0 Å². The molecule has 1 aliphatic carbocycles. The molecule has 3 N–H and O–H groups in total. The smallest absolute Gasteiger partial charge is 0.168 e. The molecular weight excluding hydrogens is 286 g/mol.